The molecule has 0 bridgehead atoms. The van der Waals surface area contributed by atoms with Gasteiger partial charge in [0.15, 0.2) is 0 Å². The number of ether oxygens (including phenoxy) is 1. The highest BCUT2D eigenvalue weighted by Crippen LogP contribution is 2.31. The summed E-state index contributed by atoms with van der Waals surface area (Å²) in [5, 5.41) is 3.12. The Kier molecular flexibility index (Phi) is 10.0. The van der Waals surface area contributed by atoms with Crippen LogP contribution >= 0.6 is 39.1 Å². The second-order valence-corrected chi connectivity index (χ2v) is 10.5. The minimum atomic E-state index is -1.12. The van der Waals surface area contributed by atoms with E-state index in [2.05, 4.69) is 26.2 Å². The fraction of sp³-hybridized carbons (Fsp3) is 0.400. The quantitative estimate of drug-likeness (QED) is 0.306. The third-order valence-electron chi connectivity index (χ3n) is 4.99. The van der Waals surface area contributed by atoms with Crippen LogP contribution in [0, 0.1) is 13.8 Å². The summed E-state index contributed by atoms with van der Waals surface area (Å²) in [5.74, 6) is -1.75. The SMILES string of the molecule is CCOC(=O)c1[nH]c(C)c(/C(Cl)=C/C(C(=O)NC(C)(C)C)N(C(=O)CCl)c2ccc(Br)cc2)c1C. The largest absolute Gasteiger partial charge is 0.461 e. The first-order chi connectivity index (χ1) is 16.3. The van der Waals surface area contributed by atoms with E-state index in [-0.39, 0.29) is 23.2 Å². The standard InChI is InChI=1S/C25H30BrCl2N3O4/c1-7-35-24(34)22-14(2)21(15(3)29-22)18(28)12-19(23(33)30-25(4,5)6)31(20(32)13-27)17-10-8-16(26)9-11-17/h8-12,19,29H,7,13H2,1-6H3,(H,30,33)/b18-12-. The zero-order valence-corrected chi connectivity index (χ0v) is 23.7. The normalized spacial score (nSPS) is 12.8. The summed E-state index contributed by atoms with van der Waals surface area (Å²) in [7, 11) is 0. The average Bonchev–Trinajstić information content (AvgIpc) is 3.07. The second kappa shape index (κ2) is 12.1. The average molecular weight is 587 g/mol. The molecule has 7 nitrogen and oxygen atoms in total. The number of nitrogens with zero attached hydrogens (tertiary/aromatic N) is 1. The van der Waals surface area contributed by atoms with Gasteiger partial charge in [-0.25, -0.2) is 4.79 Å². The molecule has 1 atom stereocenters. The molecule has 1 unspecified atom stereocenters. The van der Waals surface area contributed by atoms with Gasteiger partial charge in [0.05, 0.1) is 6.61 Å². The Hall–Kier alpha value is -2.29. The number of halogens is 3. The number of nitrogens with one attached hydrogen (secondary N) is 2. The van der Waals surface area contributed by atoms with Gasteiger partial charge in [-0.05, 0) is 77.4 Å². The maximum absolute atomic E-state index is 13.5. The number of H-pyrrole nitrogens is 1. The van der Waals surface area contributed by atoms with Crippen molar-refractivity contribution in [3.05, 3.63) is 57.3 Å². The summed E-state index contributed by atoms with van der Waals surface area (Å²) in [6.45, 7) is 11.0. The first-order valence-electron chi connectivity index (χ1n) is 11.0. The molecule has 0 aliphatic heterocycles. The number of aromatic nitrogens is 1. The van der Waals surface area contributed by atoms with Gasteiger partial charge < -0.3 is 15.0 Å². The number of alkyl halides is 1. The van der Waals surface area contributed by atoms with Crippen LogP contribution in [-0.2, 0) is 14.3 Å². The number of anilines is 1. The molecule has 2 amide bonds. The van der Waals surface area contributed by atoms with Crippen molar-refractivity contribution in [3.63, 3.8) is 0 Å². The minimum absolute atomic E-state index is 0.199. The minimum Gasteiger partial charge on any atom is -0.461 e. The Morgan fingerprint density at radius 1 is 1.20 bits per heavy atom. The number of carbonyl (C=O) groups excluding carboxylic acids is 3. The monoisotopic (exact) mass is 585 g/mol. The van der Waals surface area contributed by atoms with Gasteiger partial charge in [0.2, 0.25) is 11.8 Å². The maximum atomic E-state index is 13.5. The molecule has 0 fully saturated rings. The van der Waals surface area contributed by atoms with E-state index in [9.17, 15) is 14.4 Å². The highest BCUT2D eigenvalue weighted by Gasteiger charge is 2.32. The number of benzene rings is 1. The Labute approximate surface area is 224 Å². The van der Waals surface area contributed by atoms with Gasteiger partial charge in [-0.15, -0.1) is 11.6 Å². The van der Waals surface area contributed by atoms with Crippen LogP contribution in [-0.4, -0.2) is 46.8 Å². The molecule has 2 aromatic rings. The third kappa shape index (κ3) is 7.35. The molecular formula is C25H30BrCl2N3O4. The number of aryl methyl sites for hydroxylation is 1. The number of aromatic amines is 1. The molecule has 0 saturated carbocycles. The molecule has 1 aromatic carbocycles. The number of carbonyl (C=O) groups is 3. The summed E-state index contributed by atoms with van der Waals surface area (Å²) in [4.78, 5) is 43.1. The molecule has 1 heterocycles. The van der Waals surface area contributed by atoms with Crippen molar-refractivity contribution < 1.29 is 19.1 Å². The van der Waals surface area contributed by atoms with Crippen molar-refractivity contribution in [2.75, 3.05) is 17.4 Å². The van der Waals surface area contributed by atoms with Crippen LogP contribution in [0.4, 0.5) is 5.69 Å². The predicted octanol–water partition coefficient (Wildman–Crippen LogP) is 5.71. The Morgan fingerprint density at radius 3 is 2.31 bits per heavy atom. The Bertz CT molecular complexity index is 1120. The lowest BCUT2D eigenvalue weighted by Gasteiger charge is -2.32. The molecule has 0 saturated heterocycles. The van der Waals surface area contributed by atoms with Crippen molar-refractivity contribution in [3.8, 4) is 0 Å². The number of esters is 1. The molecule has 35 heavy (non-hydrogen) atoms. The predicted molar refractivity (Wildman–Crippen MR) is 144 cm³/mol. The van der Waals surface area contributed by atoms with Crippen LogP contribution in [0.15, 0.2) is 34.8 Å². The van der Waals surface area contributed by atoms with Gasteiger partial charge in [0, 0.05) is 32.0 Å². The van der Waals surface area contributed by atoms with Gasteiger partial charge in [-0.1, -0.05) is 27.5 Å². The zero-order chi connectivity index (χ0) is 26.5. The van der Waals surface area contributed by atoms with Crippen LogP contribution in [0.1, 0.15) is 55.0 Å². The van der Waals surface area contributed by atoms with Crippen LogP contribution in [0.25, 0.3) is 5.03 Å². The van der Waals surface area contributed by atoms with E-state index in [0.29, 0.717) is 22.5 Å². The summed E-state index contributed by atoms with van der Waals surface area (Å²) < 4.78 is 5.93. The van der Waals surface area contributed by atoms with E-state index in [1.165, 1.54) is 11.0 Å². The molecule has 0 radical (unpaired) electrons. The first kappa shape index (κ1) is 28.9. The van der Waals surface area contributed by atoms with Crippen molar-refractivity contribution in [2.24, 2.45) is 0 Å². The smallest absolute Gasteiger partial charge is 0.355 e. The lowest BCUT2D eigenvalue weighted by Crippen LogP contribution is -2.53. The van der Waals surface area contributed by atoms with Crippen LogP contribution in [0.3, 0.4) is 0 Å². The lowest BCUT2D eigenvalue weighted by molar-refractivity contribution is -0.125. The van der Waals surface area contributed by atoms with Crippen molar-refractivity contribution >= 4 is 67.6 Å². The summed E-state index contributed by atoms with van der Waals surface area (Å²) in [5.41, 5.74) is 1.95. The maximum Gasteiger partial charge on any atom is 0.355 e. The fourth-order valence-corrected chi connectivity index (χ4v) is 4.37. The lowest BCUT2D eigenvalue weighted by atomic mass is 10.0. The third-order valence-corrected chi connectivity index (χ3v) is 6.07. The van der Waals surface area contributed by atoms with Crippen LogP contribution < -0.4 is 10.2 Å². The number of amides is 2. The van der Waals surface area contributed by atoms with Crippen molar-refractivity contribution in [2.45, 2.75) is 53.1 Å². The van der Waals surface area contributed by atoms with Gasteiger partial charge in [0.1, 0.15) is 17.6 Å². The van der Waals surface area contributed by atoms with Crippen LogP contribution in [0.2, 0.25) is 0 Å². The second-order valence-electron chi connectivity index (χ2n) is 8.92. The van der Waals surface area contributed by atoms with Gasteiger partial charge in [0.25, 0.3) is 0 Å². The van der Waals surface area contributed by atoms with Crippen LogP contribution in [0.5, 0.6) is 0 Å². The molecule has 1 aromatic heterocycles. The van der Waals surface area contributed by atoms with E-state index in [0.717, 1.165) is 4.47 Å². The van der Waals surface area contributed by atoms with E-state index in [1.54, 1.807) is 45.0 Å². The number of hydrogen-bond acceptors (Lipinski definition) is 4. The van der Waals surface area contributed by atoms with Gasteiger partial charge in [-0.3, -0.25) is 14.5 Å². The summed E-state index contributed by atoms with van der Waals surface area (Å²) >= 11 is 16.1. The first-order valence-corrected chi connectivity index (χ1v) is 12.7. The summed E-state index contributed by atoms with van der Waals surface area (Å²) in [6, 6.07) is 5.83. The van der Waals surface area contributed by atoms with Crippen molar-refractivity contribution in [1.82, 2.24) is 10.3 Å². The molecule has 2 N–H and O–H groups in total. The van der Waals surface area contributed by atoms with E-state index in [1.807, 2.05) is 20.8 Å². The Morgan fingerprint density at radius 2 is 1.80 bits per heavy atom. The van der Waals surface area contributed by atoms with E-state index >= 15 is 0 Å². The molecule has 10 heteroatoms. The van der Waals surface area contributed by atoms with E-state index in [4.69, 9.17) is 27.9 Å². The Balaban J connectivity index is 2.67. The highest BCUT2D eigenvalue weighted by molar-refractivity contribution is 9.10. The highest BCUT2D eigenvalue weighted by atomic mass is 79.9. The molecule has 190 valence electrons. The molecule has 0 aliphatic rings. The molecule has 0 spiro atoms. The molecular weight excluding hydrogens is 557 g/mol. The summed E-state index contributed by atoms with van der Waals surface area (Å²) in [6.07, 6.45) is 1.49. The number of hydrogen-bond donors (Lipinski definition) is 2. The molecule has 2 rings (SSSR count). The molecule has 0 aliphatic carbocycles. The fourth-order valence-electron chi connectivity index (χ4n) is 3.57. The number of rotatable bonds is 8. The zero-order valence-electron chi connectivity index (χ0n) is 20.6. The van der Waals surface area contributed by atoms with Gasteiger partial charge in [-0.2, -0.15) is 0 Å². The van der Waals surface area contributed by atoms with E-state index < -0.39 is 29.4 Å². The van der Waals surface area contributed by atoms with Crippen molar-refractivity contribution in [1.29, 1.82) is 0 Å². The topological polar surface area (TPSA) is 91.5 Å². The van der Waals surface area contributed by atoms with Gasteiger partial charge >= 0.3 is 5.97 Å².